The zero-order chi connectivity index (χ0) is 18.1. The van der Waals surface area contributed by atoms with Crippen LogP contribution in [0.5, 0.6) is 0 Å². The molecule has 0 unspecified atom stereocenters. The van der Waals surface area contributed by atoms with E-state index in [1.54, 1.807) is 0 Å². The van der Waals surface area contributed by atoms with Crippen molar-refractivity contribution < 1.29 is 9.59 Å². The summed E-state index contributed by atoms with van der Waals surface area (Å²) in [6.45, 7) is 2.58. The topological polar surface area (TPSA) is 58.2 Å². The third-order valence-electron chi connectivity index (χ3n) is 5.19. The van der Waals surface area contributed by atoms with Crippen molar-refractivity contribution in [1.29, 1.82) is 0 Å². The lowest BCUT2D eigenvalue weighted by atomic mass is 10.1. The van der Waals surface area contributed by atoms with Gasteiger partial charge in [0.1, 0.15) is 0 Å². The van der Waals surface area contributed by atoms with Gasteiger partial charge in [-0.2, -0.15) is 0 Å². The van der Waals surface area contributed by atoms with Gasteiger partial charge in [-0.05, 0) is 55.4 Å². The number of rotatable bonds is 6. The Kier molecular flexibility index (Phi) is 4.49. The standard InChI is InChI=1S/C22H24N2O2/c1-14-3-2-4-17(11-14)19-12-20(19)22(26)23-13-15-5-7-16(8-6-15)21(25)24-18-9-10-18/h2-8,11,18-20H,9-10,12-13H2,1H3,(H,23,26)(H,24,25)/t19-,20+/m0/s1. The van der Waals surface area contributed by atoms with E-state index in [1.807, 2.05) is 24.3 Å². The van der Waals surface area contributed by atoms with Crippen molar-refractivity contribution in [3.05, 3.63) is 70.8 Å². The van der Waals surface area contributed by atoms with Gasteiger partial charge in [-0.1, -0.05) is 42.0 Å². The zero-order valence-electron chi connectivity index (χ0n) is 15.0. The van der Waals surface area contributed by atoms with Crippen LogP contribution in [0.25, 0.3) is 0 Å². The van der Waals surface area contributed by atoms with Gasteiger partial charge in [0.2, 0.25) is 5.91 Å². The van der Waals surface area contributed by atoms with E-state index < -0.39 is 0 Å². The number of hydrogen-bond acceptors (Lipinski definition) is 2. The summed E-state index contributed by atoms with van der Waals surface area (Å²) in [4.78, 5) is 24.4. The van der Waals surface area contributed by atoms with E-state index in [1.165, 1.54) is 11.1 Å². The molecule has 0 bridgehead atoms. The van der Waals surface area contributed by atoms with E-state index in [-0.39, 0.29) is 17.7 Å². The van der Waals surface area contributed by atoms with Crippen LogP contribution in [0.15, 0.2) is 48.5 Å². The summed E-state index contributed by atoms with van der Waals surface area (Å²) >= 11 is 0. The Morgan fingerprint density at radius 3 is 2.54 bits per heavy atom. The first-order valence-electron chi connectivity index (χ1n) is 9.34. The highest BCUT2D eigenvalue weighted by atomic mass is 16.2. The molecule has 0 spiro atoms. The highest BCUT2D eigenvalue weighted by Gasteiger charge is 2.43. The Labute approximate surface area is 154 Å². The van der Waals surface area contributed by atoms with Gasteiger partial charge in [0.05, 0.1) is 0 Å². The fraction of sp³-hybridized carbons (Fsp3) is 0.364. The summed E-state index contributed by atoms with van der Waals surface area (Å²) < 4.78 is 0. The molecule has 2 fully saturated rings. The Morgan fingerprint density at radius 1 is 1.08 bits per heavy atom. The minimum absolute atomic E-state index is 0.0120. The SMILES string of the molecule is Cc1cccc([C@@H]2C[C@H]2C(=O)NCc2ccc(C(=O)NC3CC3)cc2)c1. The molecule has 2 aliphatic rings. The van der Waals surface area contributed by atoms with Crippen LogP contribution < -0.4 is 10.6 Å². The fourth-order valence-corrected chi connectivity index (χ4v) is 3.34. The van der Waals surface area contributed by atoms with Crippen LogP contribution in [0.1, 0.15) is 52.2 Å². The molecule has 2 aromatic carbocycles. The van der Waals surface area contributed by atoms with E-state index in [2.05, 4.69) is 41.8 Å². The molecule has 2 saturated carbocycles. The Balaban J connectivity index is 1.27. The van der Waals surface area contributed by atoms with Crippen LogP contribution >= 0.6 is 0 Å². The number of carbonyl (C=O) groups excluding carboxylic acids is 2. The van der Waals surface area contributed by atoms with Gasteiger partial charge in [-0.25, -0.2) is 0 Å². The molecule has 0 saturated heterocycles. The quantitative estimate of drug-likeness (QED) is 0.841. The molecule has 2 aliphatic carbocycles. The van der Waals surface area contributed by atoms with Crippen molar-refractivity contribution in [2.24, 2.45) is 5.92 Å². The van der Waals surface area contributed by atoms with Gasteiger partial charge in [0.25, 0.3) is 5.91 Å². The fourth-order valence-electron chi connectivity index (χ4n) is 3.34. The number of hydrogen-bond donors (Lipinski definition) is 2. The normalized spacial score (nSPS) is 21.1. The molecular weight excluding hydrogens is 324 g/mol. The van der Waals surface area contributed by atoms with E-state index >= 15 is 0 Å². The molecule has 0 aromatic heterocycles. The van der Waals surface area contributed by atoms with E-state index in [4.69, 9.17) is 0 Å². The molecule has 4 nitrogen and oxygen atoms in total. The maximum Gasteiger partial charge on any atom is 0.251 e. The summed E-state index contributed by atoms with van der Waals surface area (Å²) in [7, 11) is 0. The zero-order valence-corrected chi connectivity index (χ0v) is 15.0. The molecule has 4 heteroatoms. The van der Waals surface area contributed by atoms with E-state index in [9.17, 15) is 9.59 Å². The van der Waals surface area contributed by atoms with Crippen LogP contribution in [-0.4, -0.2) is 17.9 Å². The monoisotopic (exact) mass is 348 g/mol. The van der Waals surface area contributed by atoms with Crippen LogP contribution in [-0.2, 0) is 11.3 Å². The third-order valence-corrected chi connectivity index (χ3v) is 5.19. The minimum Gasteiger partial charge on any atom is -0.352 e. The lowest BCUT2D eigenvalue weighted by Gasteiger charge is -2.07. The van der Waals surface area contributed by atoms with Crippen molar-refractivity contribution in [1.82, 2.24) is 10.6 Å². The molecule has 0 radical (unpaired) electrons. The van der Waals surface area contributed by atoms with Crippen LogP contribution in [0.2, 0.25) is 0 Å². The van der Waals surface area contributed by atoms with Crippen molar-refractivity contribution in [3.63, 3.8) is 0 Å². The van der Waals surface area contributed by atoms with Gasteiger partial charge < -0.3 is 10.6 Å². The number of carbonyl (C=O) groups is 2. The highest BCUT2D eigenvalue weighted by Crippen LogP contribution is 2.47. The molecule has 2 aromatic rings. The largest absolute Gasteiger partial charge is 0.352 e. The lowest BCUT2D eigenvalue weighted by molar-refractivity contribution is -0.122. The second-order valence-electron chi connectivity index (χ2n) is 7.53. The van der Waals surface area contributed by atoms with Crippen molar-refractivity contribution in [3.8, 4) is 0 Å². The van der Waals surface area contributed by atoms with Crippen molar-refractivity contribution in [2.45, 2.75) is 44.7 Å². The summed E-state index contributed by atoms with van der Waals surface area (Å²) in [6.07, 6.45) is 3.09. The lowest BCUT2D eigenvalue weighted by Crippen LogP contribution is -2.26. The van der Waals surface area contributed by atoms with E-state index in [0.29, 0.717) is 24.1 Å². The predicted octanol–water partition coefficient (Wildman–Crippen LogP) is 3.31. The molecule has 0 heterocycles. The smallest absolute Gasteiger partial charge is 0.251 e. The van der Waals surface area contributed by atoms with Crippen LogP contribution in [0.3, 0.4) is 0 Å². The summed E-state index contributed by atoms with van der Waals surface area (Å²) in [5.41, 5.74) is 4.18. The second-order valence-corrected chi connectivity index (χ2v) is 7.53. The molecule has 4 rings (SSSR count). The van der Waals surface area contributed by atoms with Gasteiger partial charge in [0.15, 0.2) is 0 Å². The van der Waals surface area contributed by atoms with Gasteiger partial charge in [-0.15, -0.1) is 0 Å². The predicted molar refractivity (Wildman–Crippen MR) is 101 cm³/mol. The number of nitrogens with one attached hydrogen (secondary N) is 2. The van der Waals surface area contributed by atoms with Crippen LogP contribution in [0.4, 0.5) is 0 Å². The average Bonchev–Trinajstić information content (AvgIpc) is 3.54. The first-order valence-corrected chi connectivity index (χ1v) is 9.34. The van der Waals surface area contributed by atoms with Gasteiger partial charge in [-0.3, -0.25) is 9.59 Å². The van der Waals surface area contributed by atoms with Crippen LogP contribution in [0, 0.1) is 12.8 Å². The number of benzene rings is 2. The minimum atomic E-state index is -0.0120. The van der Waals surface area contributed by atoms with Crippen molar-refractivity contribution >= 4 is 11.8 Å². The number of aryl methyl sites for hydroxylation is 1. The maximum absolute atomic E-state index is 12.4. The Hall–Kier alpha value is -2.62. The Morgan fingerprint density at radius 2 is 1.85 bits per heavy atom. The van der Waals surface area contributed by atoms with E-state index in [0.717, 1.165) is 24.8 Å². The maximum atomic E-state index is 12.4. The molecule has 26 heavy (non-hydrogen) atoms. The molecule has 0 aliphatic heterocycles. The molecule has 2 amide bonds. The third kappa shape index (κ3) is 3.96. The number of amides is 2. The molecule has 134 valence electrons. The van der Waals surface area contributed by atoms with Crippen molar-refractivity contribution in [2.75, 3.05) is 0 Å². The van der Waals surface area contributed by atoms with Gasteiger partial charge >= 0.3 is 0 Å². The second kappa shape index (κ2) is 6.94. The molecule has 2 atom stereocenters. The summed E-state index contributed by atoms with van der Waals surface area (Å²) in [6, 6.07) is 16.2. The average molecular weight is 348 g/mol. The Bertz CT molecular complexity index is 824. The molecule has 2 N–H and O–H groups in total. The first-order chi connectivity index (χ1) is 12.6. The highest BCUT2D eigenvalue weighted by molar-refractivity contribution is 5.94. The first kappa shape index (κ1) is 16.8. The molecular formula is C22H24N2O2. The summed E-state index contributed by atoms with van der Waals surface area (Å²) in [5, 5.41) is 6.01. The van der Waals surface area contributed by atoms with Gasteiger partial charge in [0, 0.05) is 24.1 Å². The summed E-state index contributed by atoms with van der Waals surface area (Å²) in [5.74, 6) is 0.540.